The van der Waals surface area contributed by atoms with Gasteiger partial charge in [-0.25, -0.2) is 0 Å². The summed E-state index contributed by atoms with van der Waals surface area (Å²) in [6.07, 6.45) is 0. The molecule has 0 atom stereocenters. The Balaban J connectivity index is 2.60. The Morgan fingerprint density at radius 2 is 1.77 bits per heavy atom. The first-order valence-corrected chi connectivity index (χ1v) is 7.89. The fourth-order valence-electron chi connectivity index (χ4n) is 0.895. The average Bonchev–Trinajstić information content (AvgIpc) is 2.01. The third kappa shape index (κ3) is 3.61. The van der Waals surface area contributed by atoms with Gasteiger partial charge in [0, 0.05) is 0 Å². The summed E-state index contributed by atoms with van der Waals surface area (Å²) in [5, 5.41) is 0. The highest BCUT2D eigenvalue weighted by molar-refractivity contribution is 6.69. The summed E-state index contributed by atoms with van der Waals surface area (Å²) in [7, 11) is -1.47. The van der Waals surface area contributed by atoms with E-state index in [0.29, 0.717) is 0 Å². The highest BCUT2D eigenvalue weighted by atomic mass is 28.4. The van der Waals surface area contributed by atoms with Crippen molar-refractivity contribution >= 4 is 14.0 Å². The van der Waals surface area contributed by atoms with Crippen LogP contribution in [-0.2, 0) is 4.53 Å². The molecule has 0 radical (unpaired) electrons. The van der Waals surface area contributed by atoms with E-state index in [4.69, 9.17) is 4.53 Å². The fraction of sp³-hybridized carbons (Fsp3) is 0.400. The molecule has 0 saturated heterocycles. The molecule has 1 aromatic rings. The molecule has 72 valence electrons. The van der Waals surface area contributed by atoms with Crippen LogP contribution in [0.3, 0.4) is 0 Å². The van der Waals surface area contributed by atoms with Gasteiger partial charge in [-0.15, -0.1) is 0 Å². The number of para-hydroxylation sites is 1. The Kier molecular flexibility index (Phi) is 3.11. The molecule has 0 spiro atoms. The summed E-state index contributed by atoms with van der Waals surface area (Å²) in [6.45, 7) is 8.52. The van der Waals surface area contributed by atoms with Gasteiger partial charge < -0.3 is 4.53 Å². The first-order valence-electron chi connectivity index (χ1n) is 4.49. The number of rotatable bonds is 3. The first-order chi connectivity index (χ1) is 5.99. The zero-order chi connectivity index (χ0) is 9.90. The maximum atomic E-state index is 5.59. The Morgan fingerprint density at radius 3 is 2.31 bits per heavy atom. The minimum atomic E-state index is -1.47. The minimum Gasteiger partial charge on any atom is -0.323 e. The van der Waals surface area contributed by atoms with Crippen LogP contribution in [0, 0.1) is 6.92 Å². The van der Waals surface area contributed by atoms with E-state index in [9.17, 15) is 0 Å². The molecule has 1 rings (SSSR count). The predicted octanol–water partition coefficient (Wildman–Crippen LogP) is 3.17. The summed E-state index contributed by atoms with van der Waals surface area (Å²) >= 11 is 0. The quantitative estimate of drug-likeness (QED) is 0.591. The van der Waals surface area contributed by atoms with Crippen molar-refractivity contribution in [3.63, 3.8) is 0 Å². The van der Waals surface area contributed by atoms with E-state index in [1.165, 1.54) is 5.56 Å². The fourth-order valence-corrected chi connectivity index (χ4v) is 1.31. The van der Waals surface area contributed by atoms with Crippen LogP contribution >= 0.6 is 0 Å². The van der Waals surface area contributed by atoms with Crippen molar-refractivity contribution in [2.45, 2.75) is 26.6 Å². The van der Waals surface area contributed by atoms with Gasteiger partial charge in [0.1, 0.15) is 0 Å². The van der Waals surface area contributed by atoms with Crippen molar-refractivity contribution in [1.82, 2.24) is 0 Å². The van der Waals surface area contributed by atoms with Gasteiger partial charge in [-0.05, 0) is 38.2 Å². The van der Waals surface area contributed by atoms with Crippen LogP contribution in [0.15, 0.2) is 24.3 Å². The number of anilines is 1. The average molecular weight is 195 g/mol. The number of hydrogen-bond acceptors (Lipinski definition) is 2. The van der Waals surface area contributed by atoms with Gasteiger partial charge in [-0.1, -0.05) is 18.2 Å². The molecule has 13 heavy (non-hydrogen) atoms. The van der Waals surface area contributed by atoms with Crippen molar-refractivity contribution in [1.29, 1.82) is 0 Å². The lowest BCUT2D eigenvalue weighted by Crippen LogP contribution is -2.28. The molecule has 3 heteroatoms. The summed E-state index contributed by atoms with van der Waals surface area (Å²) < 4.78 is 5.59. The second-order valence-electron chi connectivity index (χ2n) is 4.13. The molecule has 0 bridgehead atoms. The zero-order valence-corrected chi connectivity index (χ0v) is 9.72. The van der Waals surface area contributed by atoms with Crippen molar-refractivity contribution in [2.24, 2.45) is 0 Å². The molecule has 0 saturated carbocycles. The lowest BCUT2D eigenvalue weighted by Gasteiger charge is -2.18. The topological polar surface area (TPSA) is 21.3 Å². The van der Waals surface area contributed by atoms with Crippen LogP contribution in [0.2, 0.25) is 19.6 Å². The Labute approximate surface area is 81.0 Å². The maximum Gasteiger partial charge on any atom is 0.220 e. The van der Waals surface area contributed by atoms with E-state index >= 15 is 0 Å². The summed E-state index contributed by atoms with van der Waals surface area (Å²) in [6, 6.07) is 8.11. The predicted molar refractivity (Wildman–Crippen MR) is 59.2 cm³/mol. The highest BCUT2D eigenvalue weighted by Gasteiger charge is 2.15. The number of benzene rings is 1. The zero-order valence-electron chi connectivity index (χ0n) is 8.72. The third-order valence-corrected chi connectivity index (χ3v) is 2.33. The number of hydrogen-bond donors (Lipinski definition) is 1. The third-order valence-electron chi connectivity index (χ3n) is 1.61. The van der Waals surface area contributed by atoms with E-state index < -0.39 is 8.32 Å². The SMILES string of the molecule is Cc1ccccc1NO[Si](C)(C)C. The van der Waals surface area contributed by atoms with Crippen LogP contribution in [-0.4, -0.2) is 8.32 Å². The number of nitrogens with one attached hydrogen (secondary N) is 1. The van der Waals surface area contributed by atoms with Gasteiger partial charge in [-0.2, -0.15) is 0 Å². The van der Waals surface area contributed by atoms with Crippen LogP contribution in [0.5, 0.6) is 0 Å². The molecule has 1 N–H and O–H groups in total. The molecule has 0 aliphatic carbocycles. The number of aryl methyl sites for hydroxylation is 1. The Hall–Kier alpha value is -0.803. The molecular formula is C10H17NOSi. The summed E-state index contributed by atoms with van der Waals surface area (Å²) in [5.74, 6) is 0. The van der Waals surface area contributed by atoms with Crippen LogP contribution in [0.4, 0.5) is 5.69 Å². The van der Waals surface area contributed by atoms with Crippen LogP contribution in [0.25, 0.3) is 0 Å². The maximum absolute atomic E-state index is 5.59. The molecule has 0 fully saturated rings. The minimum absolute atomic E-state index is 1.06. The summed E-state index contributed by atoms with van der Waals surface area (Å²) in [4.78, 5) is 0. The highest BCUT2D eigenvalue weighted by Crippen LogP contribution is 2.14. The van der Waals surface area contributed by atoms with Crippen molar-refractivity contribution in [2.75, 3.05) is 5.48 Å². The van der Waals surface area contributed by atoms with E-state index in [2.05, 4.69) is 38.1 Å². The molecule has 0 unspecified atom stereocenters. The molecule has 0 aromatic heterocycles. The van der Waals surface area contributed by atoms with E-state index in [-0.39, 0.29) is 0 Å². The largest absolute Gasteiger partial charge is 0.323 e. The molecule has 0 aliphatic rings. The molecule has 0 amide bonds. The first kappa shape index (κ1) is 10.3. The van der Waals surface area contributed by atoms with Gasteiger partial charge in [0.2, 0.25) is 8.32 Å². The van der Waals surface area contributed by atoms with Crippen molar-refractivity contribution in [3.05, 3.63) is 29.8 Å². The standard InChI is InChI=1S/C10H17NOSi/c1-9-7-5-6-8-10(9)11-12-13(2,3)4/h5-8,11H,1-4H3. The van der Waals surface area contributed by atoms with E-state index in [1.807, 2.05) is 18.2 Å². The van der Waals surface area contributed by atoms with E-state index in [1.54, 1.807) is 0 Å². The lowest BCUT2D eigenvalue weighted by atomic mass is 10.2. The van der Waals surface area contributed by atoms with Crippen LogP contribution < -0.4 is 5.48 Å². The van der Waals surface area contributed by atoms with Gasteiger partial charge in [0.05, 0.1) is 5.69 Å². The molecule has 0 heterocycles. The molecular weight excluding hydrogens is 178 g/mol. The van der Waals surface area contributed by atoms with Gasteiger partial charge in [0.25, 0.3) is 0 Å². The van der Waals surface area contributed by atoms with Gasteiger partial charge >= 0.3 is 0 Å². The van der Waals surface area contributed by atoms with E-state index in [0.717, 1.165) is 5.69 Å². The molecule has 2 nitrogen and oxygen atoms in total. The molecule has 1 aromatic carbocycles. The van der Waals surface area contributed by atoms with Crippen molar-refractivity contribution in [3.8, 4) is 0 Å². The Morgan fingerprint density at radius 1 is 1.15 bits per heavy atom. The molecule has 0 aliphatic heterocycles. The van der Waals surface area contributed by atoms with Gasteiger partial charge in [0.15, 0.2) is 0 Å². The smallest absolute Gasteiger partial charge is 0.220 e. The normalized spacial score (nSPS) is 11.4. The monoisotopic (exact) mass is 195 g/mol. The lowest BCUT2D eigenvalue weighted by molar-refractivity contribution is 0.400. The van der Waals surface area contributed by atoms with Crippen molar-refractivity contribution < 1.29 is 4.53 Å². The second kappa shape index (κ2) is 3.94. The second-order valence-corrected chi connectivity index (χ2v) is 8.56. The summed E-state index contributed by atoms with van der Waals surface area (Å²) in [5.41, 5.74) is 5.28. The van der Waals surface area contributed by atoms with Crippen LogP contribution in [0.1, 0.15) is 5.56 Å². The van der Waals surface area contributed by atoms with Gasteiger partial charge in [-0.3, -0.25) is 5.48 Å². The Bertz CT molecular complexity index is 280.